The first-order valence-corrected chi connectivity index (χ1v) is 8.68. The van der Waals surface area contributed by atoms with Crippen LogP contribution in [-0.4, -0.2) is 25.8 Å². The quantitative estimate of drug-likeness (QED) is 0.891. The molecule has 1 atom stereocenters. The summed E-state index contributed by atoms with van der Waals surface area (Å²) in [7, 11) is -3.46. The SMILES string of the molecule is CCN(CC)S(=O)(=O)NC(C)c1cccc2ccccc12. The zero-order chi connectivity index (χ0) is 15.5. The average molecular weight is 306 g/mol. The largest absolute Gasteiger partial charge is 0.279 e. The number of nitrogens with one attached hydrogen (secondary N) is 1. The van der Waals surface area contributed by atoms with E-state index >= 15 is 0 Å². The molecule has 4 nitrogen and oxygen atoms in total. The van der Waals surface area contributed by atoms with Crippen molar-refractivity contribution in [3.05, 3.63) is 48.0 Å². The first kappa shape index (κ1) is 15.9. The Kier molecular flexibility index (Phi) is 4.98. The summed E-state index contributed by atoms with van der Waals surface area (Å²) in [5.74, 6) is 0. The number of hydrogen-bond donors (Lipinski definition) is 1. The molecule has 0 saturated heterocycles. The second kappa shape index (κ2) is 6.56. The van der Waals surface area contributed by atoms with Crippen molar-refractivity contribution < 1.29 is 8.42 Å². The van der Waals surface area contributed by atoms with E-state index in [4.69, 9.17) is 0 Å². The van der Waals surface area contributed by atoms with Gasteiger partial charge in [0.15, 0.2) is 0 Å². The second-order valence-electron chi connectivity index (χ2n) is 5.00. The van der Waals surface area contributed by atoms with Gasteiger partial charge in [-0.25, -0.2) is 0 Å². The summed E-state index contributed by atoms with van der Waals surface area (Å²) in [6, 6.07) is 13.7. The molecule has 2 rings (SSSR count). The molecule has 0 spiro atoms. The highest BCUT2D eigenvalue weighted by Crippen LogP contribution is 2.24. The van der Waals surface area contributed by atoms with E-state index in [0.29, 0.717) is 13.1 Å². The first-order valence-electron chi connectivity index (χ1n) is 7.24. The molecular weight excluding hydrogens is 284 g/mol. The third kappa shape index (κ3) is 3.43. The highest BCUT2D eigenvalue weighted by molar-refractivity contribution is 7.87. The van der Waals surface area contributed by atoms with Crippen molar-refractivity contribution in [2.75, 3.05) is 13.1 Å². The van der Waals surface area contributed by atoms with Crippen LogP contribution >= 0.6 is 0 Å². The molecule has 0 fully saturated rings. The maximum absolute atomic E-state index is 12.3. The van der Waals surface area contributed by atoms with Crippen LogP contribution < -0.4 is 4.72 Å². The smallest absolute Gasteiger partial charge is 0.195 e. The van der Waals surface area contributed by atoms with Gasteiger partial charge >= 0.3 is 0 Å². The molecule has 0 bridgehead atoms. The summed E-state index contributed by atoms with van der Waals surface area (Å²) < 4.78 is 28.8. The Morgan fingerprint density at radius 3 is 2.33 bits per heavy atom. The number of hydrogen-bond acceptors (Lipinski definition) is 2. The molecular formula is C16H22N2O2S. The van der Waals surface area contributed by atoms with Crippen LogP contribution in [0.15, 0.2) is 42.5 Å². The molecule has 1 N–H and O–H groups in total. The fourth-order valence-electron chi connectivity index (χ4n) is 2.55. The molecule has 5 heteroatoms. The van der Waals surface area contributed by atoms with Gasteiger partial charge in [-0.15, -0.1) is 0 Å². The zero-order valence-electron chi connectivity index (χ0n) is 12.7. The molecule has 2 aromatic rings. The van der Waals surface area contributed by atoms with Crippen molar-refractivity contribution in [1.29, 1.82) is 0 Å². The molecule has 0 aliphatic carbocycles. The normalized spacial score (nSPS) is 13.7. The third-order valence-corrected chi connectivity index (χ3v) is 5.51. The molecule has 0 heterocycles. The number of benzene rings is 2. The fourth-order valence-corrected chi connectivity index (χ4v) is 3.96. The van der Waals surface area contributed by atoms with E-state index < -0.39 is 10.2 Å². The maximum Gasteiger partial charge on any atom is 0.279 e. The molecule has 21 heavy (non-hydrogen) atoms. The fraction of sp³-hybridized carbons (Fsp3) is 0.375. The third-order valence-electron chi connectivity index (χ3n) is 3.66. The predicted molar refractivity (Wildman–Crippen MR) is 87.3 cm³/mol. The monoisotopic (exact) mass is 306 g/mol. The van der Waals surface area contributed by atoms with Crippen LogP contribution in [0.25, 0.3) is 10.8 Å². The van der Waals surface area contributed by atoms with Gasteiger partial charge in [-0.2, -0.15) is 17.4 Å². The van der Waals surface area contributed by atoms with Gasteiger partial charge in [0.1, 0.15) is 0 Å². The lowest BCUT2D eigenvalue weighted by Crippen LogP contribution is -2.41. The Hall–Kier alpha value is -1.43. The molecule has 1 unspecified atom stereocenters. The van der Waals surface area contributed by atoms with Gasteiger partial charge in [-0.3, -0.25) is 0 Å². The lowest BCUT2D eigenvalue weighted by molar-refractivity contribution is 0.429. The summed E-state index contributed by atoms with van der Waals surface area (Å²) in [5, 5.41) is 2.19. The lowest BCUT2D eigenvalue weighted by Gasteiger charge is -2.23. The van der Waals surface area contributed by atoms with Crippen LogP contribution in [0, 0.1) is 0 Å². The van der Waals surface area contributed by atoms with Gasteiger partial charge in [0, 0.05) is 19.1 Å². The van der Waals surface area contributed by atoms with Crippen molar-refractivity contribution in [2.24, 2.45) is 0 Å². The van der Waals surface area contributed by atoms with Gasteiger partial charge in [0.25, 0.3) is 10.2 Å². The molecule has 114 valence electrons. The average Bonchev–Trinajstić information content (AvgIpc) is 2.47. The van der Waals surface area contributed by atoms with Gasteiger partial charge < -0.3 is 0 Å². The van der Waals surface area contributed by atoms with E-state index in [1.165, 1.54) is 4.31 Å². The second-order valence-corrected chi connectivity index (χ2v) is 6.70. The summed E-state index contributed by atoms with van der Waals surface area (Å²) in [6.45, 7) is 6.49. The van der Waals surface area contributed by atoms with Crippen LogP contribution in [0.3, 0.4) is 0 Å². The Morgan fingerprint density at radius 1 is 1.05 bits per heavy atom. The van der Waals surface area contributed by atoms with Gasteiger partial charge in [-0.1, -0.05) is 56.3 Å². The molecule has 2 aromatic carbocycles. The van der Waals surface area contributed by atoms with E-state index in [1.54, 1.807) is 0 Å². The topological polar surface area (TPSA) is 49.4 Å². The minimum atomic E-state index is -3.46. The van der Waals surface area contributed by atoms with Gasteiger partial charge in [0.05, 0.1) is 0 Å². The van der Waals surface area contributed by atoms with Crippen LogP contribution in [-0.2, 0) is 10.2 Å². The number of fused-ring (bicyclic) bond motifs is 1. The summed E-state index contributed by atoms with van der Waals surface area (Å²) in [6.07, 6.45) is 0. The van der Waals surface area contributed by atoms with E-state index in [9.17, 15) is 8.42 Å². The molecule has 0 saturated carbocycles. The van der Waals surface area contributed by atoms with Gasteiger partial charge in [0.2, 0.25) is 0 Å². The zero-order valence-corrected chi connectivity index (χ0v) is 13.5. The van der Waals surface area contributed by atoms with E-state index in [1.807, 2.05) is 63.2 Å². The van der Waals surface area contributed by atoms with Crippen LogP contribution in [0.5, 0.6) is 0 Å². The number of rotatable bonds is 6. The molecule has 0 radical (unpaired) electrons. The Bertz CT molecular complexity index is 704. The molecule has 0 aliphatic heterocycles. The van der Waals surface area contributed by atoms with Crippen molar-refractivity contribution in [1.82, 2.24) is 9.03 Å². The minimum Gasteiger partial charge on any atom is -0.195 e. The summed E-state index contributed by atoms with van der Waals surface area (Å²) in [4.78, 5) is 0. The molecule has 0 aromatic heterocycles. The van der Waals surface area contributed by atoms with Crippen molar-refractivity contribution in [3.63, 3.8) is 0 Å². The lowest BCUT2D eigenvalue weighted by atomic mass is 10.0. The molecule has 0 aliphatic rings. The maximum atomic E-state index is 12.3. The number of nitrogens with zero attached hydrogens (tertiary/aromatic N) is 1. The predicted octanol–water partition coefficient (Wildman–Crippen LogP) is 3.08. The van der Waals surface area contributed by atoms with Crippen LogP contribution in [0.2, 0.25) is 0 Å². The highest BCUT2D eigenvalue weighted by Gasteiger charge is 2.22. The van der Waals surface area contributed by atoms with Gasteiger partial charge in [-0.05, 0) is 23.3 Å². The molecule has 0 amide bonds. The summed E-state index contributed by atoms with van der Waals surface area (Å²) >= 11 is 0. The highest BCUT2D eigenvalue weighted by atomic mass is 32.2. The van der Waals surface area contributed by atoms with Crippen molar-refractivity contribution in [3.8, 4) is 0 Å². The Morgan fingerprint density at radius 2 is 1.67 bits per heavy atom. The van der Waals surface area contributed by atoms with Crippen molar-refractivity contribution >= 4 is 21.0 Å². The van der Waals surface area contributed by atoms with E-state index in [-0.39, 0.29) is 6.04 Å². The van der Waals surface area contributed by atoms with E-state index in [2.05, 4.69) is 4.72 Å². The van der Waals surface area contributed by atoms with Crippen molar-refractivity contribution in [2.45, 2.75) is 26.8 Å². The van der Waals surface area contributed by atoms with Crippen LogP contribution in [0.1, 0.15) is 32.4 Å². The van der Waals surface area contributed by atoms with Crippen LogP contribution in [0.4, 0.5) is 0 Å². The van der Waals surface area contributed by atoms with E-state index in [0.717, 1.165) is 16.3 Å². The summed E-state index contributed by atoms with van der Waals surface area (Å²) in [5.41, 5.74) is 0.990. The minimum absolute atomic E-state index is 0.276. The standard InChI is InChI=1S/C16H22N2O2S/c1-4-18(5-2)21(19,20)17-13(3)15-12-8-10-14-9-6-7-11-16(14)15/h6-13,17H,4-5H2,1-3H3. The Balaban J connectivity index is 2.33. The first-order chi connectivity index (χ1) is 9.99. The Labute approximate surface area is 127 Å².